The third kappa shape index (κ3) is 1.84. The molecule has 1 aromatic carbocycles. The number of carbonyl (C=O) groups is 1. The molecule has 116 valence electrons. The molecular formula is C17H15N3O3. The number of rotatable bonds is 2. The number of hydrogen-bond acceptors (Lipinski definition) is 4. The number of aryl methyl sites for hydroxylation is 1. The molecule has 3 heterocycles. The number of nitrogens with one attached hydrogen (secondary N) is 1. The standard InChI is InChI=1S/C17H15N3O3/c1-7(2)16-20-15-11(23-16)5-4-9-13(15)12-8(3)14(17(21)22)18-6-10(12)19-9/h4-7,19H,1-3H3,(H,21,22). The van der Waals surface area contributed by atoms with Gasteiger partial charge in [0, 0.05) is 22.2 Å². The minimum atomic E-state index is -1.03. The van der Waals surface area contributed by atoms with Gasteiger partial charge in [-0.3, -0.25) is 0 Å². The van der Waals surface area contributed by atoms with Gasteiger partial charge in [0.25, 0.3) is 0 Å². The minimum absolute atomic E-state index is 0.0583. The van der Waals surface area contributed by atoms with Crippen LogP contribution in [0.1, 0.15) is 41.7 Å². The summed E-state index contributed by atoms with van der Waals surface area (Å²) in [6.45, 7) is 5.82. The van der Waals surface area contributed by atoms with Gasteiger partial charge in [0.05, 0.1) is 11.7 Å². The fraction of sp³-hybridized carbons (Fsp3) is 0.235. The summed E-state index contributed by atoms with van der Waals surface area (Å²) in [6, 6.07) is 3.81. The zero-order chi connectivity index (χ0) is 16.3. The summed E-state index contributed by atoms with van der Waals surface area (Å²) in [7, 11) is 0. The van der Waals surface area contributed by atoms with Gasteiger partial charge in [0.15, 0.2) is 17.2 Å². The lowest BCUT2D eigenvalue weighted by Gasteiger charge is -2.01. The van der Waals surface area contributed by atoms with E-state index in [2.05, 4.69) is 15.0 Å². The van der Waals surface area contributed by atoms with E-state index >= 15 is 0 Å². The summed E-state index contributed by atoms with van der Waals surface area (Å²) < 4.78 is 5.82. The van der Waals surface area contributed by atoms with Crippen LogP contribution in [-0.4, -0.2) is 26.0 Å². The van der Waals surface area contributed by atoms with Gasteiger partial charge in [-0.2, -0.15) is 0 Å². The fourth-order valence-corrected chi connectivity index (χ4v) is 3.00. The Labute approximate surface area is 131 Å². The predicted molar refractivity (Wildman–Crippen MR) is 87.0 cm³/mol. The summed E-state index contributed by atoms with van der Waals surface area (Å²) in [5, 5.41) is 11.0. The van der Waals surface area contributed by atoms with Gasteiger partial charge in [-0.05, 0) is 24.6 Å². The van der Waals surface area contributed by atoms with Crippen molar-refractivity contribution in [3.05, 3.63) is 35.5 Å². The maximum Gasteiger partial charge on any atom is 0.354 e. The second-order valence-electron chi connectivity index (χ2n) is 5.99. The van der Waals surface area contributed by atoms with Crippen molar-refractivity contribution in [1.29, 1.82) is 0 Å². The molecule has 0 radical (unpaired) electrons. The van der Waals surface area contributed by atoms with E-state index in [1.165, 1.54) is 0 Å². The van der Waals surface area contributed by atoms with Gasteiger partial charge in [-0.1, -0.05) is 13.8 Å². The number of H-pyrrole nitrogens is 1. The first-order chi connectivity index (χ1) is 11.0. The molecule has 3 aromatic heterocycles. The lowest BCUT2D eigenvalue weighted by molar-refractivity contribution is 0.0690. The highest BCUT2D eigenvalue weighted by Crippen LogP contribution is 2.35. The Hall–Kier alpha value is -2.89. The number of carboxylic acids is 1. The van der Waals surface area contributed by atoms with Crippen LogP contribution in [0.4, 0.5) is 0 Å². The zero-order valence-corrected chi connectivity index (χ0v) is 13.0. The zero-order valence-electron chi connectivity index (χ0n) is 13.0. The third-order valence-electron chi connectivity index (χ3n) is 4.12. The molecule has 4 aromatic rings. The maximum absolute atomic E-state index is 11.4. The van der Waals surface area contributed by atoms with Gasteiger partial charge in [-0.25, -0.2) is 14.8 Å². The van der Waals surface area contributed by atoms with Gasteiger partial charge in [0.2, 0.25) is 0 Å². The highest BCUT2D eigenvalue weighted by Gasteiger charge is 2.19. The van der Waals surface area contributed by atoms with Crippen molar-refractivity contribution >= 4 is 38.9 Å². The molecular weight excluding hydrogens is 294 g/mol. The average Bonchev–Trinajstić information content (AvgIpc) is 3.07. The fourth-order valence-electron chi connectivity index (χ4n) is 3.00. The quantitative estimate of drug-likeness (QED) is 0.584. The molecule has 0 aliphatic carbocycles. The molecule has 0 aliphatic heterocycles. The monoisotopic (exact) mass is 309 g/mol. The number of pyridine rings is 1. The van der Waals surface area contributed by atoms with E-state index in [1.54, 1.807) is 13.1 Å². The highest BCUT2D eigenvalue weighted by molar-refractivity contribution is 6.19. The number of aromatic nitrogens is 3. The molecule has 0 spiro atoms. The molecule has 0 unspecified atom stereocenters. The van der Waals surface area contributed by atoms with Gasteiger partial charge in [-0.15, -0.1) is 0 Å². The van der Waals surface area contributed by atoms with E-state index in [1.807, 2.05) is 26.0 Å². The van der Waals surface area contributed by atoms with Gasteiger partial charge in [0.1, 0.15) is 5.52 Å². The van der Waals surface area contributed by atoms with Crippen LogP contribution in [0.15, 0.2) is 22.7 Å². The molecule has 0 aliphatic rings. The number of aromatic amines is 1. The van der Waals surface area contributed by atoms with E-state index in [9.17, 15) is 9.90 Å². The van der Waals surface area contributed by atoms with Crippen molar-refractivity contribution in [2.75, 3.05) is 0 Å². The van der Waals surface area contributed by atoms with Crippen LogP contribution < -0.4 is 0 Å². The van der Waals surface area contributed by atoms with E-state index < -0.39 is 5.97 Å². The van der Waals surface area contributed by atoms with Crippen LogP contribution in [0.5, 0.6) is 0 Å². The first-order valence-corrected chi connectivity index (χ1v) is 7.41. The topological polar surface area (TPSA) is 92.0 Å². The van der Waals surface area contributed by atoms with Crippen LogP contribution in [0.3, 0.4) is 0 Å². The Bertz CT molecular complexity index is 1090. The molecule has 0 saturated carbocycles. The van der Waals surface area contributed by atoms with Crippen molar-refractivity contribution in [3.8, 4) is 0 Å². The van der Waals surface area contributed by atoms with Crippen molar-refractivity contribution in [3.63, 3.8) is 0 Å². The van der Waals surface area contributed by atoms with Crippen molar-refractivity contribution in [2.24, 2.45) is 0 Å². The van der Waals surface area contributed by atoms with Gasteiger partial charge < -0.3 is 14.5 Å². The molecule has 0 amide bonds. The molecule has 23 heavy (non-hydrogen) atoms. The number of aromatic carboxylic acids is 1. The third-order valence-corrected chi connectivity index (χ3v) is 4.12. The second kappa shape index (κ2) is 4.55. The van der Waals surface area contributed by atoms with Crippen LogP contribution >= 0.6 is 0 Å². The molecule has 6 nitrogen and oxygen atoms in total. The first-order valence-electron chi connectivity index (χ1n) is 7.41. The number of hydrogen-bond donors (Lipinski definition) is 2. The normalized spacial score (nSPS) is 12.0. The minimum Gasteiger partial charge on any atom is -0.477 e. The molecule has 0 bridgehead atoms. The predicted octanol–water partition coefficient (Wildman–Crippen LogP) is 3.99. The number of benzene rings is 1. The van der Waals surface area contributed by atoms with Crippen LogP contribution in [0, 0.1) is 6.92 Å². The lowest BCUT2D eigenvalue weighted by Crippen LogP contribution is -2.03. The lowest BCUT2D eigenvalue weighted by atomic mass is 10.1. The summed E-state index contributed by atoms with van der Waals surface area (Å²) in [4.78, 5) is 23.3. The Morgan fingerprint density at radius 3 is 2.74 bits per heavy atom. The number of nitrogens with zero attached hydrogens (tertiary/aromatic N) is 2. The Morgan fingerprint density at radius 2 is 2.04 bits per heavy atom. The Balaban J connectivity index is 2.21. The largest absolute Gasteiger partial charge is 0.477 e. The van der Waals surface area contributed by atoms with Crippen molar-refractivity contribution in [1.82, 2.24) is 15.0 Å². The molecule has 0 fully saturated rings. The Kier molecular flexibility index (Phi) is 2.72. The molecule has 2 N–H and O–H groups in total. The maximum atomic E-state index is 11.4. The molecule has 4 rings (SSSR count). The number of carboxylic acid groups (broad SMARTS) is 1. The SMILES string of the molecule is Cc1c(C(=O)O)ncc2[nH]c3ccc4oc(C(C)C)nc4c3c12. The number of oxazole rings is 1. The van der Waals surface area contributed by atoms with E-state index in [4.69, 9.17) is 4.42 Å². The summed E-state index contributed by atoms with van der Waals surface area (Å²) >= 11 is 0. The van der Waals surface area contributed by atoms with Crippen LogP contribution in [0.25, 0.3) is 32.9 Å². The van der Waals surface area contributed by atoms with E-state index in [-0.39, 0.29) is 11.6 Å². The average molecular weight is 309 g/mol. The molecule has 0 atom stereocenters. The summed E-state index contributed by atoms with van der Waals surface area (Å²) in [5.74, 6) is -0.180. The first kappa shape index (κ1) is 13.8. The van der Waals surface area contributed by atoms with Gasteiger partial charge >= 0.3 is 5.97 Å². The molecule has 0 saturated heterocycles. The Morgan fingerprint density at radius 1 is 1.26 bits per heavy atom. The van der Waals surface area contributed by atoms with Crippen molar-refractivity contribution < 1.29 is 14.3 Å². The van der Waals surface area contributed by atoms with E-state index in [0.717, 1.165) is 27.3 Å². The van der Waals surface area contributed by atoms with E-state index in [0.29, 0.717) is 17.0 Å². The smallest absolute Gasteiger partial charge is 0.354 e. The highest BCUT2D eigenvalue weighted by atomic mass is 16.4. The van der Waals surface area contributed by atoms with Crippen LogP contribution in [-0.2, 0) is 0 Å². The summed E-state index contributed by atoms with van der Waals surface area (Å²) in [6.07, 6.45) is 1.56. The van der Waals surface area contributed by atoms with Crippen molar-refractivity contribution in [2.45, 2.75) is 26.7 Å². The van der Waals surface area contributed by atoms with Crippen LogP contribution in [0.2, 0.25) is 0 Å². The number of fused-ring (bicyclic) bond motifs is 5. The second-order valence-corrected chi connectivity index (χ2v) is 5.99. The molecule has 6 heteroatoms. The summed E-state index contributed by atoms with van der Waals surface area (Å²) in [5.41, 5.74) is 3.83.